The van der Waals surface area contributed by atoms with Gasteiger partial charge in [-0.15, -0.1) is 0 Å². The number of hydrogen-bond acceptors (Lipinski definition) is 5. The average molecular weight is 465 g/mol. The maximum Gasteiger partial charge on any atom is 0.335 e. The van der Waals surface area contributed by atoms with Crippen molar-refractivity contribution in [2.45, 2.75) is 51.0 Å². The number of rotatable bonds is 7. The lowest BCUT2D eigenvalue weighted by atomic mass is 9.86. The number of carboxylic acid groups (broad SMARTS) is 1. The summed E-state index contributed by atoms with van der Waals surface area (Å²) >= 11 is 0. The summed E-state index contributed by atoms with van der Waals surface area (Å²) in [7, 11) is 1.30. The summed E-state index contributed by atoms with van der Waals surface area (Å²) < 4.78 is 10.9. The van der Waals surface area contributed by atoms with Gasteiger partial charge in [-0.2, -0.15) is 0 Å². The van der Waals surface area contributed by atoms with Gasteiger partial charge in [-0.05, 0) is 61.6 Å². The first-order chi connectivity index (χ1) is 16.2. The number of H-pyrrole nitrogens is 2. The van der Waals surface area contributed by atoms with Crippen LogP contribution >= 0.6 is 0 Å². The van der Waals surface area contributed by atoms with Gasteiger partial charge in [-0.3, -0.25) is 14.7 Å². The summed E-state index contributed by atoms with van der Waals surface area (Å²) in [6, 6.07) is 12.2. The number of aromatic amines is 2. The first-order valence-corrected chi connectivity index (χ1v) is 11.2. The second-order valence-corrected chi connectivity index (χ2v) is 9.21. The minimum Gasteiger partial charge on any atom is -0.488 e. The highest BCUT2D eigenvalue weighted by molar-refractivity contribution is 5.87. The number of ether oxygens (including phenoxy) is 2. The van der Waals surface area contributed by atoms with Crippen molar-refractivity contribution in [3.05, 3.63) is 86.3 Å². The lowest BCUT2D eigenvalue weighted by Gasteiger charge is -2.32. The largest absolute Gasteiger partial charge is 0.488 e. The maximum absolute atomic E-state index is 12.8. The fraction of sp³-hybridized carbons (Fsp3) is 0.346. The topological polar surface area (TPSA) is 121 Å². The third-order valence-corrected chi connectivity index (χ3v) is 6.29. The van der Waals surface area contributed by atoms with E-state index in [-0.39, 0.29) is 23.1 Å². The molecule has 1 aromatic heterocycles. The van der Waals surface area contributed by atoms with Crippen LogP contribution in [0.5, 0.6) is 5.75 Å². The molecular weight excluding hydrogens is 436 g/mol. The molecule has 8 nitrogen and oxygen atoms in total. The number of aromatic carboxylic acids is 1. The van der Waals surface area contributed by atoms with Gasteiger partial charge in [0.25, 0.3) is 5.56 Å². The second kappa shape index (κ2) is 9.21. The van der Waals surface area contributed by atoms with E-state index in [1.54, 1.807) is 12.1 Å². The van der Waals surface area contributed by atoms with Crippen LogP contribution in [0.25, 0.3) is 0 Å². The normalized spacial score (nSPS) is 15.1. The van der Waals surface area contributed by atoms with E-state index in [0.717, 1.165) is 29.7 Å². The number of carbonyl (C=O) groups is 2. The van der Waals surface area contributed by atoms with Crippen molar-refractivity contribution in [1.82, 2.24) is 10.2 Å². The lowest BCUT2D eigenvalue weighted by Crippen LogP contribution is -2.32. The third kappa shape index (κ3) is 4.90. The molecule has 2 heterocycles. The lowest BCUT2D eigenvalue weighted by molar-refractivity contribution is -0.140. The molecule has 1 atom stereocenters. The summed E-state index contributed by atoms with van der Waals surface area (Å²) in [5.41, 5.74) is 3.51. The van der Waals surface area contributed by atoms with E-state index in [1.807, 2.05) is 12.1 Å². The molecule has 0 bridgehead atoms. The first-order valence-electron chi connectivity index (χ1n) is 11.2. The molecule has 4 rings (SSSR count). The minimum absolute atomic E-state index is 0.0516. The van der Waals surface area contributed by atoms with Crippen LogP contribution in [0.2, 0.25) is 0 Å². The van der Waals surface area contributed by atoms with Crippen molar-refractivity contribution in [3.8, 4) is 5.75 Å². The number of methoxy groups -OCH3 is 1. The maximum atomic E-state index is 12.8. The van der Waals surface area contributed by atoms with E-state index in [4.69, 9.17) is 9.47 Å². The molecule has 178 valence electrons. The molecule has 0 saturated carbocycles. The number of aromatic nitrogens is 2. The highest BCUT2D eigenvalue weighted by Crippen LogP contribution is 2.34. The van der Waals surface area contributed by atoms with E-state index in [9.17, 15) is 19.5 Å². The molecule has 0 aliphatic carbocycles. The zero-order chi connectivity index (χ0) is 24.5. The molecule has 1 aliphatic rings. The monoisotopic (exact) mass is 464 g/mol. The summed E-state index contributed by atoms with van der Waals surface area (Å²) in [4.78, 5) is 36.3. The van der Waals surface area contributed by atoms with Gasteiger partial charge in [0.05, 0.1) is 19.1 Å². The van der Waals surface area contributed by atoms with Crippen LogP contribution in [0.15, 0.2) is 47.3 Å². The zero-order valence-electron chi connectivity index (χ0n) is 19.4. The van der Waals surface area contributed by atoms with Crippen molar-refractivity contribution in [2.75, 3.05) is 7.11 Å². The van der Waals surface area contributed by atoms with Crippen LogP contribution in [-0.2, 0) is 22.4 Å². The fourth-order valence-electron chi connectivity index (χ4n) is 4.43. The second-order valence-electron chi connectivity index (χ2n) is 9.21. The van der Waals surface area contributed by atoms with Gasteiger partial charge in [0.15, 0.2) is 0 Å². The minimum atomic E-state index is -1.05. The molecule has 1 aliphatic heterocycles. The number of aryl methyl sites for hydroxylation is 1. The van der Waals surface area contributed by atoms with Crippen molar-refractivity contribution >= 4 is 11.9 Å². The molecule has 0 spiro atoms. The van der Waals surface area contributed by atoms with Crippen LogP contribution in [0, 0.1) is 0 Å². The van der Waals surface area contributed by atoms with Crippen LogP contribution in [0.3, 0.4) is 0 Å². The van der Waals surface area contributed by atoms with Gasteiger partial charge in [0, 0.05) is 23.6 Å². The Morgan fingerprint density at radius 3 is 2.56 bits per heavy atom. The van der Waals surface area contributed by atoms with E-state index in [1.165, 1.54) is 19.2 Å². The predicted octanol–water partition coefficient (Wildman–Crippen LogP) is 3.79. The average Bonchev–Trinajstić information content (AvgIpc) is 3.16. The summed E-state index contributed by atoms with van der Waals surface area (Å²) in [5, 5.41) is 14.8. The predicted molar refractivity (Wildman–Crippen MR) is 126 cm³/mol. The summed E-state index contributed by atoms with van der Waals surface area (Å²) in [6.07, 6.45) is 2.23. The molecule has 34 heavy (non-hydrogen) atoms. The number of hydrogen-bond donors (Lipinski definition) is 3. The zero-order valence-corrected chi connectivity index (χ0v) is 19.4. The van der Waals surface area contributed by atoms with Gasteiger partial charge < -0.3 is 19.7 Å². The molecule has 0 fully saturated rings. The fourth-order valence-corrected chi connectivity index (χ4v) is 4.43. The van der Waals surface area contributed by atoms with Crippen LogP contribution in [0.1, 0.15) is 70.9 Å². The van der Waals surface area contributed by atoms with Crippen molar-refractivity contribution in [3.63, 3.8) is 0 Å². The molecule has 2 aromatic carbocycles. The number of benzene rings is 2. The standard InChI is InChI=1S/C26H28N2O6/c1-26(2)11-10-18-12-15(4-9-21(18)34-26)13-20-23(24(30)28-27-20)19(14-22(29)33-3)16-5-7-17(8-6-16)25(31)32/h4-9,12,19H,10-11,13-14H2,1-3H3,(H,31,32)(H2,27,28,30)/t19-/m1/s1. The van der Waals surface area contributed by atoms with Crippen molar-refractivity contribution < 1.29 is 24.2 Å². The Labute approximate surface area is 196 Å². The summed E-state index contributed by atoms with van der Waals surface area (Å²) in [6.45, 7) is 4.15. The quantitative estimate of drug-likeness (QED) is 0.458. The highest BCUT2D eigenvalue weighted by atomic mass is 16.5. The van der Waals surface area contributed by atoms with E-state index >= 15 is 0 Å². The van der Waals surface area contributed by atoms with Crippen LogP contribution < -0.4 is 10.3 Å². The molecular formula is C26H28N2O6. The Morgan fingerprint density at radius 1 is 1.15 bits per heavy atom. The van der Waals surface area contributed by atoms with Crippen LogP contribution in [-0.4, -0.2) is 40.0 Å². The highest BCUT2D eigenvalue weighted by Gasteiger charge is 2.28. The Bertz CT molecular complexity index is 1270. The molecule has 0 unspecified atom stereocenters. The molecule has 3 N–H and O–H groups in total. The smallest absolute Gasteiger partial charge is 0.335 e. The van der Waals surface area contributed by atoms with E-state index in [0.29, 0.717) is 23.2 Å². The van der Waals surface area contributed by atoms with Gasteiger partial charge >= 0.3 is 11.9 Å². The number of carboxylic acids is 1. The Hall–Kier alpha value is -3.81. The molecule has 0 saturated heterocycles. The van der Waals surface area contributed by atoms with Gasteiger partial charge in [-0.25, -0.2) is 4.79 Å². The number of esters is 1. The van der Waals surface area contributed by atoms with E-state index < -0.39 is 17.9 Å². The Kier molecular flexibility index (Phi) is 6.32. The van der Waals surface area contributed by atoms with Crippen molar-refractivity contribution in [1.29, 1.82) is 0 Å². The third-order valence-electron chi connectivity index (χ3n) is 6.29. The van der Waals surface area contributed by atoms with Gasteiger partial charge in [-0.1, -0.05) is 24.3 Å². The number of nitrogens with one attached hydrogen (secondary N) is 2. The van der Waals surface area contributed by atoms with Gasteiger partial charge in [0.2, 0.25) is 0 Å². The molecule has 0 amide bonds. The van der Waals surface area contributed by atoms with Gasteiger partial charge in [0.1, 0.15) is 11.4 Å². The number of carbonyl (C=O) groups excluding carboxylic acids is 1. The van der Waals surface area contributed by atoms with Crippen molar-refractivity contribution in [2.24, 2.45) is 0 Å². The Balaban J connectivity index is 1.68. The van der Waals surface area contributed by atoms with Crippen LogP contribution in [0.4, 0.5) is 0 Å². The number of fused-ring (bicyclic) bond motifs is 1. The SMILES string of the molecule is COC(=O)C[C@H](c1ccc(C(=O)O)cc1)c1c(Cc2ccc3c(c2)CCC(C)(C)O3)[nH][nH]c1=O. The molecule has 8 heteroatoms. The summed E-state index contributed by atoms with van der Waals surface area (Å²) in [5.74, 6) is -1.23. The molecule has 3 aromatic rings. The Morgan fingerprint density at radius 2 is 1.88 bits per heavy atom. The first kappa shape index (κ1) is 23.4. The molecule has 0 radical (unpaired) electrons. The van der Waals surface area contributed by atoms with E-state index in [2.05, 4.69) is 30.1 Å².